The summed E-state index contributed by atoms with van der Waals surface area (Å²) in [6.45, 7) is 0. The van der Waals surface area contributed by atoms with Crippen molar-refractivity contribution in [2.45, 2.75) is 0 Å². The summed E-state index contributed by atoms with van der Waals surface area (Å²) in [5, 5.41) is 6.59. The SMILES string of the molecule is c1ccc(-c2nccc(-c3ncn[nH]3)n2)cc1. The molecule has 3 aromatic rings. The summed E-state index contributed by atoms with van der Waals surface area (Å²) in [4.78, 5) is 12.8. The Bertz CT molecular complexity index is 604. The summed E-state index contributed by atoms with van der Waals surface area (Å²) in [5.74, 6) is 1.32. The molecule has 82 valence electrons. The third-order valence-corrected chi connectivity index (χ3v) is 2.35. The van der Waals surface area contributed by atoms with Gasteiger partial charge in [0, 0.05) is 11.8 Å². The summed E-state index contributed by atoms with van der Waals surface area (Å²) in [6.07, 6.45) is 3.17. The fourth-order valence-corrected chi connectivity index (χ4v) is 1.55. The number of hydrogen-bond acceptors (Lipinski definition) is 4. The molecule has 0 fully saturated rings. The van der Waals surface area contributed by atoms with E-state index < -0.39 is 0 Å². The quantitative estimate of drug-likeness (QED) is 0.720. The lowest BCUT2D eigenvalue weighted by atomic mass is 10.2. The third kappa shape index (κ3) is 1.90. The van der Waals surface area contributed by atoms with E-state index in [4.69, 9.17) is 0 Å². The van der Waals surface area contributed by atoms with Gasteiger partial charge < -0.3 is 0 Å². The van der Waals surface area contributed by atoms with Crippen molar-refractivity contribution in [3.05, 3.63) is 48.9 Å². The Morgan fingerprint density at radius 2 is 1.82 bits per heavy atom. The second kappa shape index (κ2) is 4.13. The second-order valence-electron chi connectivity index (χ2n) is 3.47. The van der Waals surface area contributed by atoms with Gasteiger partial charge in [0.25, 0.3) is 0 Å². The van der Waals surface area contributed by atoms with E-state index in [1.165, 1.54) is 6.33 Å². The van der Waals surface area contributed by atoms with E-state index in [0.29, 0.717) is 11.6 Å². The summed E-state index contributed by atoms with van der Waals surface area (Å²) in [7, 11) is 0. The van der Waals surface area contributed by atoms with Crippen molar-refractivity contribution in [1.29, 1.82) is 0 Å². The minimum Gasteiger partial charge on any atom is -0.258 e. The Kier molecular flexibility index (Phi) is 2.34. The highest BCUT2D eigenvalue weighted by atomic mass is 15.2. The molecular formula is C12H9N5. The van der Waals surface area contributed by atoms with Crippen LogP contribution in [0.4, 0.5) is 0 Å². The van der Waals surface area contributed by atoms with Gasteiger partial charge in [-0.15, -0.1) is 0 Å². The van der Waals surface area contributed by atoms with Crippen LogP contribution in [0.1, 0.15) is 0 Å². The fourth-order valence-electron chi connectivity index (χ4n) is 1.55. The molecule has 1 aromatic carbocycles. The lowest BCUT2D eigenvalue weighted by Gasteiger charge is -2.01. The van der Waals surface area contributed by atoms with Gasteiger partial charge in [-0.25, -0.2) is 15.0 Å². The number of H-pyrrole nitrogens is 1. The van der Waals surface area contributed by atoms with Gasteiger partial charge in [0.05, 0.1) is 0 Å². The molecule has 0 spiro atoms. The number of rotatable bonds is 2. The van der Waals surface area contributed by atoms with Crippen LogP contribution in [0.3, 0.4) is 0 Å². The molecule has 5 heteroatoms. The van der Waals surface area contributed by atoms with E-state index >= 15 is 0 Å². The molecule has 0 saturated heterocycles. The van der Waals surface area contributed by atoms with Crippen molar-refractivity contribution in [3.63, 3.8) is 0 Å². The molecule has 0 saturated carbocycles. The van der Waals surface area contributed by atoms with Gasteiger partial charge in [0.1, 0.15) is 12.0 Å². The molecule has 2 heterocycles. The van der Waals surface area contributed by atoms with Crippen LogP contribution < -0.4 is 0 Å². The van der Waals surface area contributed by atoms with Crippen LogP contribution in [0.25, 0.3) is 22.9 Å². The lowest BCUT2D eigenvalue weighted by molar-refractivity contribution is 1.08. The zero-order chi connectivity index (χ0) is 11.5. The highest BCUT2D eigenvalue weighted by Gasteiger charge is 2.05. The first-order valence-corrected chi connectivity index (χ1v) is 5.18. The lowest BCUT2D eigenvalue weighted by Crippen LogP contribution is -1.92. The van der Waals surface area contributed by atoms with Crippen molar-refractivity contribution in [3.8, 4) is 22.9 Å². The number of benzene rings is 1. The van der Waals surface area contributed by atoms with Gasteiger partial charge in [-0.1, -0.05) is 30.3 Å². The van der Waals surface area contributed by atoms with E-state index in [2.05, 4.69) is 25.1 Å². The monoisotopic (exact) mass is 223 g/mol. The molecule has 0 amide bonds. The molecule has 17 heavy (non-hydrogen) atoms. The van der Waals surface area contributed by atoms with Crippen LogP contribution in [-0.2, 0) is 0 Å². The number of nitrogens with one attached hydrogen (secondary N) is 1. The second-order valence-corrected chi connectivity index (χ2v) is 3.47. The van der Waals surface area contributed by atoms with Crippen LogP contribution in [-0.4, -0.2) is 25.1 Å². The Morgan fingerprint density at radius 3 is 2.59 bits per heavy atom. The Morgan fingerprint density at radius 1 is 0.941 bits per heavy atom. The van der Waals surface area contributed by atoms with E-state index in [0.717, 1.165) is 11.3 Å². The minimum atomic E-state index is 0.643. The standard InChI is InChI=1S/C12H9N5/c1-2-4-9(5-3-1)11-13-7-6-10(16-11)12-14-8-15-17-12/h1-8H,(H,14,15,17). The Balaban J connectivity index is 2.06. The Labute approximate surface area is 97.6 Å². The summed E-state index contributed by atoms with van der Waals surface area (Å²) in [5.41, 5.74) is 1.71. The fraction of sp³-hybridized carbons (Fsp3) is 0. The highest BCUT2D eigenvalue weighted by molar-refractivity contribution is 5.58. The number of nitrogens with zero attached hydrogens (tertiary/aromatic N) is 4. The third-order valence-electron chi connectivity index (χ3n) is 2.35. The molecule has 0 atom stereocenters. The van der Waals surface area contributed by atoms with Crippen molar-refractivity contribution in [2.75, 3.05) is 0 Å². The van der Waals surface area contributed by atoms with Crippen molar-refractivity contribution >= 4 is 0 Å². The first kappa shape index (κ1) is 9.65. The largest absolute Gasteiger partial charge is 0.258 e. The van der Waals surface area contributed by atoms with Crippen molar-refractivity contribution < 1.29 is 0 Å². The van der Waals surface area contributed by atoms with Crippen LogP contribution in [0.2, 0.25) is 0 Å². The van der Waals surface area contributed by atoms with Gasteiger partial charge in [0.15, 0.2) is 11.6 Å². The summed E-state index contributed by atoms with van der Waals surface area (Å²) >= 11 is 0. The molecular weight excluding hydrogens is 214 g/mol. The molecule has 0 aliphatic rings. The first-order chi connectivity index (χ1) is 8.43. The normalized spacial score (nSPS) is 10.4. The van der Waals surface area contributed by atoms with Crippen LogP contribution >= 0.6 is 0 Å². The van der Waals surface area contributed by atoms with Crippen molar-refractivity contribution in [2.24, 2.45) is 0 Å². The summed E-state index contributed by atoms with van der Waals surface area (Å²) < 4.78 is 0. The zero-order valence-electron chi connectivity index (χ0n) is 8.91. The van der Waals surface area contributed by atoms with Gasteiger partial charge in [-0.05, 0) is 6.07 Å². The van der Waals surface area contributed by atoms with Crippen LogP contribution in [0.5, 0.6) is 0 Å². The first-order valence-electron chi connectivity index (χ1n) is 5.18. The zero-order valence-corrected chi connectivity index (χ0v) is 8.91. The minimum absolute atomic E-state index is 0.643. The number of aromatic amines is 1. The maximum Gasteiger partial charge on any atom is 0.174 e. The van der Waals surface area contributed by atoms with Crippen molar-refractivity contribution in [1.82, 2.24) is 25.1 Å². The molecule has 1 N–H and O–H groups in total. The molecule has 0 unspecified atom stereocenters. The van der Waals surface area contributed by atoms with Gasteiger partial charge in [-0.3, -0.25) is 5.10 Å². The molecule has 0 aliphatic carbocycles. The summed E-state index contributed by atoms with van der Waals surface area (Å²) in [6, 6.07) is 11.6. The van der Waals surface area contributed by atoms with E-state index in [-0.39, 0.29) is 0 Å². The van der Waals surface area contributed by atoms with E-state index in [1.807, 2.05) is 30.3 Å². The average molecular weight is 223 g/mol. The topological polar surface area (TPSA) is 67.3 Å². The smallest absolute Gasteiger partial charge is 0.174 e. The predicted octanol–water partition coefficient (Wildman–Crippen LogP) is 1.93. The molecule has 0 bridgehead atoms. The molecule has 3 rings (SSSR count). The van der Waals surface area contributed by atoms with Gasteiger partial charge >= 0.3 is 0 Å². The average Bonchev–Trinajstić information content (AvgIpc) is 2.94. The predicted molar refractivity (Wildman–Crippen MR) is 62.8 cm³/mol. The number of aromatic nitrogens is 5. The van der Waals surface area contributed by atoms with Crippen LogP contribution in [0, 0.1) is 0 Å². The van der Waals surface area contributed by atoms with Gasteiger partial charge in [-0.2, -0.15) is 5.10 Å². The van der Waals surface area contributed by atoms with E-state index in [1.54, 1.807) is 12.3 Å². The molecule has 2 aromatic heterocycles. The van der Waals surface area contributed by atoms with Gasteiger partial charge in [0.2, 0.25) is 0 Å². The Hall–Kier alpha value is -2.56. The van der Waals surface area contributed by atoms with E-state index in [9.17, 15) is 0 Å². The molecule has 0 aliphatic heterocycles. The maximum atomic E-state index is 4.44. The number of hydrogen-bond donors (Lipinski definition) is 1. The highest BCUT2D eigenvalue weighted by Crippen LogP contribution is 2.17. The molecule has 0 radical (unpaired) electrons. The maximum absolute atomic E-state index is 4.44. The van der Waals surface area contributed by atoms with Crippen LogP contribution in [0.15, 0.2) is 48.9 Å². The molecule has 5 nitrogen and oxygen atoms in total.